The maximum absolute atomic E-state index is 10.3. The molecule has 0 spiro atoms. The fourth-order valence-corrected chi connectivity index (χ4v) is 3.57. The van der Waals surface area contributed by atoms with Crippen molar-refractivity contribution in [1.82, 2.24) is 9.78 Å². The van der Waals surface area contributed by atoms with Gasteiger partial charge in [0.15, 0.2) is 0 Å². The first-order valence-corrected chi connectivity index (χ1v) is 7.36. The summed E-state index contributed by atoms with van der Waals surface area (Å²) in [5.74, 6) is 1.17. The first-order valence-electron chi connectivity index (χ1n) is 6.37. The summed E-state index contributed by atoms with van der Waals surface area (Å²) in [5.41, 5.74) is 1.000. The van der Waals surface area contributed by atoms with E-state index in [1.54, 1.807) is 0 Å². The number of thioether (sulfide) groups is 1. The van der Waals surface area contributed by atoms with Crippen LogP contribution in [0.4, 0.5) is 0 Å². The van der Waals surface area contributed by atoms with Gasteiger partial charge in [-0.05, 0) is 45.4 Å². The zero-order chi connectivity index (χ0) is 12.5. The van der Waals surface area contributed by atoms with Crippen LogP contribution in [-0.4, -0.2) is 31.5 Å². The second-order valence-electron chi connectivity index (χ2n) is 5.37. The van der Waals surface area contributed by atoms with Gasteiger partial charge in [0.2, 0.25) is 0 Å². The van der Waals surface area contributed by atoms with Crippen LogP contribution >= 0.6 is 11.8 Å². The van der Waals surface area contributed by atoms with Gasteiger partial charge in [-0.15, -0.1) is 0 Å². The fourth-order valence-electron chi connectivity index (χ4n) is 2.25. The molecule has 1 aliphatic heterocycles. The van der Waals surface area contributed by atoms with E-state index in [0.717, 1.165) is 12.1 Å². The van der Waals surface area contributed by atoms with Gasteiger partial charge in [-0.3, -0.25) is 4.68 Å². The third-order valence-electron chi connectivity index (χ3n) is 3.55. The van der Waals surface area contributed by atoms with Crippen LogP contribution in [0.5, 0.6) is 0 Å². The molecule has 0 aromatic carbocycles. The predicted octanol–water partition coefficient (Wildman–Crippen LogP) is 2.65. The Morgan fingerprint density at radius 3 is 2.88 bits per heavy atom. The molecular formula is C13H22N2OS. The van der Waals surface area contributed by atoms with E-state index in [9.17, 15) is 5.11 Å². The summed E-state index contributed by atoms with van der Waals surface area (Å²) in [7, 11) is 0. The van der Waals surface area contributed by atoms with Crippen molar-refractivity contribution in [3.05, 3.63) is 18.0 Å². The highest BCUT2D eigenvalue weighted by Crippen LogP contribution is 2.41. The molecule has 2 heterocycles. The van der Waals surface area contributed by atoms with Crippen LogP contribution in [0.3, 0.4) is 0 Å². The summed E-state index contributed by atoms with van der Waals surface area (Å²) in [6.07, 6.45) is 4.72. The molecule has 1 saturated heterocycles. The van der Waals surface area contributed by atoms with Gasteiger partial charge in [-0.25, -0.2) is 0 Å². The molecule has 0 bridgehead atoms. The maximum atomic E-state index is 10.3. The van der Waals surface area contributed by atoms with Crippen LogP contribution in [-0.2, 0) is 6.42 Å². The molecule has 1 aromatic rings. The highest BCUT2D eigenvalue weighted by molar-refractivity contribution is 8.00. The van der Waals surface area contributed by atoms with E-state index in [0.29, 0.717) is 12.5 Å². The SMILES string of the molecule is CC(C)n1ccc(CC(O)C2(C)CCCS2)n1. The Morgan fingerprint density at radius 2 is 2.35 bits per heavy atom. The van der Waals surface area contributed by atoms with E-state index in [1.165, 1.54) is 12.2 Å². The van der Waals surface area contributed by atoms with Crippen LogP contribution < -0.4 is 0 Å². The number of aromatic nitrogens is 2. The highest BCUT2D eigenvalue weighted by atomic mass is 32.2. The number of hydrogen-bond acceptors (Lipinski definition) is 3. The summed E-state index contributed by atoms with van der Waals surface area (Å²) >= 11 is 1.90. The molecule has 3 nitrogen and oxygen atoms in total. The van der Waals surface area contributed by atoms with Crippen molar-refractivity contribution >= 4 is 11.8 Å². The molecule has 96 valence electrons. The Hall–Kier alpha value is -0.480. The standard InChI is InChI=1S/C13H22N2OS/c1-10(2)15-7-5-11(14-15)9-12(16)13(3)6-4-8-17-13/h5,7,10,12,16H,4,6,8-9H2,1-3H3. The van der Waals surface area contributed by atoms with Gasteiger partial charge in [0.25, 0.3) is 0 Å². The van der Waals surface area contributed by atoms with Crippen molar-refractivity contribution < 1.29 is 5.11 Å². The molecule has 2 rings (SSSR count). The fraction of sp³-hybridized carbons (Fsp3) is 0.769. The van der Waals surface area contributed by atoms with E-state index in [2.05, 4.69) is 25.9 Å². The summed E-state index contributed by atoms with van der Waals surface area (Å²) in [6, 6.07) is 2.41. The Morgan fingerprint density at radius 1 is 1.59 bits per heavy atom. The lowest BCUT2D eigenvalue weighted by Gasteiger charge is -2.28. The zero-order valence-corrected chi connectivity index (χ0v) is 11.7. The van der Waals surface area contributed by atoms with E-state index >= 15 is 0 Å². The molecule has 1 aliphatic rings. The molecule has 0 aliphatic carbocycles. The summed E-state index contributed by atoms with van der Waals surface area (Å²) in [5, 5.41) is 14.8. The van der Waals surface area contributed by atoms with Crippen molar-refractivity contribution in [1.29, 1.82) is 0 Å². The third-order valence-corrected chi connectivity index (χ3v) is 5.18. The monoisotopic (exact) mass is 254 g/mol. The number of rotatable bonds is 4. The lowest BCUT2D eigenvalue weighted by molar-refractivity contribution is 0.132. The minimum Gasteiger partial charge on any atom is -0.391 e. The smallest absolute Gasteiger partial charge is 0.0740 e. The molecule has 2 unspecified atom stereocenters. The molecule has 0 radical (unpaired) electrons. The van der Waals surface area contributed by atoms with Crippen molar-refractivity contribution in [2.75, 3.05) is 5.75 Å². The first-order chi connectivity index (χ1) is 8.01. The molecule has 1 fully saturated rings. The van der Waals surface area contributed by atoms with Gasteiger partial charge >= 0.3 is 0 Å². The number of hydrogen-bond donors (Lipinski definition) is 1. The zero-order valence-electron chi connectivity index (χ0n) is 10.9. The number of nitrogens with zero attached hydrogens (tertiary/aromatic N) is 2. The molecule has 4 heteroatoms. The van der Waals surface area contributed by atoms with Crippen molar-refractivity contribution in [3.8, 4) is 0 Å². The van der Waals surface area contributed by atoms with Gasteiger partial charge in [0.1, 0.15) is 0 Å². The van der Waals surface area contributed by atoms with Gasteiger partial charge in [-0.1, -0.05) is 0 Å². The minimum absolute atomic E-state index is 0.0294. The van der Waals surface area contributed by atoms with Crippen LogP contribution in [0.2, 0.25) is 0 Å². The summed E-state index contributed by atoms with van der Waals surface area (Å²) < 4.78 is 1.98. The molecule has 2 atom stereocenters. The Bertz CT molecular complexity index is 369. The maximum Gasteiger partial charge on any atom is 0.0740 e. The summed E-state index contributed by atoms with van der Waals surface area (Å²) in [6.45, 7) is 6.40. The lowest BCUT2D eigenvalue weighted by atomic mass is 9.95. The molecule has 0 amide bonds. The number of aliphatic hydroxyl groups is 1. The Balaban J connectivity index is 1.99. The van der Waals surface area contributed by atoms with Crippen molar-refractivity contribution in [3.63, 3.8) is 0 Å². The lowest BCUT2D eigenvalue weighted by Crippen LogP contribution is -2.35. The van der Waals surface area contributed by atoms with E-state index in [4.69, 9.17) is 0 Å². The van der Waals surface area contributed by atoms with E-state index < -0.39 is 0 Å². The van der Waals surface area contributed by atoms with Gasteiger partial charge in [0, 0.05) is 23.4 Å². The normalized spacial score (nSPS) is 26.6. The van der Waals surface area contributed by atoms with Crippen molar-refractivity contribution in [2.45, 2.75) is 56.9 Å². The molecule has 1 N–H and O–H groups in total. The number of aliphatic hydroxyl groups excluding tert-OH is 1. The van der Waals surface area contributed by atoms with E-state index in [1.807, 2.05) is 28.7 Å². The van der Waals surface area contributed by atoms with Gasteiger partial charge < -0.3 is 5.11 Å². The highest BCUT2D eigenvalue weighted by Gasteiger charge is 2.37. The predicted molar refractivity (Wildman–Crippen MR) is 72.4 cm³/mol. The Kier molecular flexibility index (Phi) is 3.83. The van der Waals surface area contributed by atoms with Crippen LogP contribution in [0.1, 0.15) is 45.3 Å². The molecule has 17 heavy (non-hydrogen) atoms. The largest absolute Gasteiger partial charge is 0.391 e. The van der Waals surface area contributed by atoms with Crippen LogP contribution in [0.15, 0.2) is 12.3 Å². The average Bonchev–Trinajstić information content (AvgIpc) is 2.88. The topological polar surface area (TPSA) is 38.0 Å². The Labute approximate surface area is 108 Å². The molecule has 1 aromatic heterocycles. The third kappa shape index (κ3) is 2.86. The molecule has 0 saturated carbocycles. The minimum atomic E-state index is -0.287. The average molecular weight is 254 g/mol. The molecular weight excluding hydrogens is 232 g/mol. The second kappa shape index (κ2) is 5.02. The van der Waals surface area contributed by atoms with Crippen molar-refractivity contribution in [2.24, 2.45) is 0 Å². The van der Waals surface area contributed by atoms with Gasteiger partial charge in [0.05, 0.1) is 11.8 Å². The van der Waals surface area contributed by atoms with E-state index in [-0.39, 0.29) is 10.9 Å². The van der Waals surface area contributed by atoms with Crippen LogP contribution in [0, 0.1) is 0 Å². The van der Waals surface area contributed by atoms with Crippen LogP contribution in [0.25, 0.3) is 0 Å². The first kappa shape index (κ1) is 13.0. The quantitative estimate of drug-likeness (QED) is 0.897. The van der Waals surface area contributed by atoms with Gasteiger partial charge in [-0.2, -0.15) is 16.9 Å². The second-order valence-corrected chi connectivity index (χ2v) is 6.99. The summed E-state index contributed by atoms with van der Waals surface area (Å²) in [4.78, 5) is 0.